The van der Waals surface area contributed by atoms with E-state index in [2.05, 4.69) is 24.3 Å². The molecule has 1 heterocycles. The quantitative estimate of drug-likeness (QED) is 0.848. The van der Waals surface area contributed by atoms with Crippen LogP contribution in [-0.2, 0) is 6.54 Å². The lowest BCUT2D eigenvalue weighted by atomic mass is 9.94. The summed E-state index contributed by atoms with van der Waals surface area (Å²) in [4.78, 5) is 14.5. The Labute approximate surface area is 118 Å². The fourth-order valence-corrected chi connectivity index (χ4v) is 2.95. The van der Waals surface area contributed by atoms with Crippen LogP contribution in [0.3, 0.4) is 0 Å². The van der Waals surface area contributed by atoms with Crippen LogP contribution in [-0.4, -0.2) is 29.1 Å². The Kier molecular flexibility index (Phi) is 3.70. The van der Waals surface area contributed by atoms with E-state index in [0.29, 0.717) is 6.54 Å². The molecule has 0 fully saturated rings. The standard InChI is InChI=1S/C17H19NO2/c19-11-3-1-2-10-18-12-14-8-4-6-13-7-5-9-15(16(13)14)17(18)20/h4-9,19H,1-3,10-12H2. The molecule has 3 heteroatoms. The maximum Gasteiger partial charge on any atom is 0.254 e. The van der Waals surface area contributed by atoms with E-state index in [1.54, 1.807) is 0 Å². The fourth-order valence-electron chi connectivity index (χ4n) is 2.95. The first-order valence-electron chi connectivity index (χ1n) is 7.22. The lowest BCUT2D eigenvalue weighted by molar-refractivity contribution is 0.0734. The Bertz CT molecular complexity index is 631. The van der Waals surface area contributed by atoms with E-state index < -0.39 is 0 Å². The van der Waals surface area contributed by atoms with Gasteiger partial charge in [0, 0.05) is 25.3 Å². The fraction of sp³-hybridized carbons (Fsp3) is 0.353. The first-order chi connectivity index (χ1) is 9.81. The molecule has 1 aliphatic rings. The lowest BCUT2D eigenvalue weighted by Crippen LogP contribution is -2.34. The van der Waals surface area contributed by atoms with Crippen molar-refractivity contribution < 1.29 is 9.90 Å². The smallest absolute Gasteiger partial charge is 0.254 e. The second-order valence-electron chi connectivity index (χ2n) is 5.33. The molecule has 1 aliphatic heterocycles. The van der Waals surface area contributed by atoms with E-state index in [1.807, 2.05) is 17.0 Å². The average molecular weight is 269 g/mol. The molecule has 0 atom stereocenters. The van der Waals surface area contributed by atoms with Crippen molar-refractivity contribution in [3.63, 3.8) is 0 Å². The van der Waals surface area contributed by atoms with Gasteiger partial charge in [-0.15, -0.1) is 0 Å². The number of hydrogen-bond acceptors (Lipinski definition) is 2. The number of benzene rings is 2. The van der Waals surface area contributed by atoms with Gasteiger partial charge in [-0.3, -0.25) is 4.79 Å². The molecule has 104 valence electrons. The number of aliphatic hydroxyl groups is 1. The predicted octanol–water partition coefficient (Wildman–Crippen LogP) is 2.96. The molecule has 3 nitrogen and oxygen atoms in total. The van der Waals surface area contributed by atoms with Crippen molar-refractivity contribution >= 4 is 16.7 Å². The van der Waals surface area contributed by atoms with Gasteiger partial charge in [0.15, 0.2) is 0 Å². The molecule has 0 bridgehead atoms. The highest BCUT2D eigenvalue weighted by atomic mass is 16.2. The highest BCUT2D eigenvalue weighted by molar-refractivity contribution is 6.09. The van der Waals surface area contributed by atoms with Crippen molar-refractivity contribution in [2.45, 2.75) is 25.8 Å². The highest BCUT2D eigenvalue weighted by Gasteiger charge is 2.24. The second-order valence-corrected chi connectivity index (χ2v) is 5.33. The van der Waals surface area contributed by atoms with Gasteiger partial charge in [0.25, 0.3) is 5.91 Å². The van der Waals surface area contributed by atoms with Gasteiger partial charge in [0.2, 0.25) is 0 Å². The Hall–Kier alpha value is -1.87. The third kappa shape index (κ3) is 2.29. The Morgan fingerprint density at radius 3 is 2.65 bits per heavy atom. The Morgan fingerprint density at radius 2 is 1.85 bits per heavy atom. The van der Waals surface area contributed by atoms with Crippen LogP contribution >= 0.6 is 0 Å². The molecule has 0 unspecified atom stereocenters. The van der Waals surface area contributed by atoms with Gasteiger partial charge >= 0.3 is 0 Å². The van der Waals surface area contributed by atoms with Crippen molar-refractivity contribution in [1.29, 1.82) is 0 Å². The van der Waals surface area contributed by atoms with Gasteiger partial charge in [0.05, 0.1) is 0 Å². The van der Waals surface area contributed by atoms with Crippen molar-refractivity contribution in [2.75, 3.05) is 13.2 Å². The van der Waals surface area contributed by atoms with Gasteiger partial charge < -0.3 is 10.0 Å². The SMILES string of the molecule is O=C1c2cccc3cccc(c23)CN1CCCCCO. The summed E-state index contributed by atoms with van der Waals surface area (Å²) < 4.78 is 0. The van der Waals surface area contributed by atoms with Gasteiger partial charge in [0.1, 0.15) is 0 Å². The summed E-state index contributed by atoms with van der Waals surface area (Å²) in [6.45, 7) is 1.70. The number of aliphatic hydroxyl groups excluding tert-OH is 1. The van der Waals surface area contributed by atoms with Crippen molar-refractivity contribution in [2.24, 2.45) is 0 Å². The van der Waals surface area contributed by atoms with Crippen LogP contribution in [0.4, 0.5) is 0 Å². The van der Waals surface area contributed by atoms with Crippen molar-refractivity contribution in [3.05, 3.63) is 47.5 Å². The molecule has 2 aromatic rings. The number of hydrogen-bond donors (Lipinski definition) is 1. The molecule has 20 heavy (non-hydrogen) atoms. The van der Waals surface area contributed by atoms with E-state index in [1.165, 1.54) is 5.56 Å². The first-order valence-corrected chi connectivity index (χ1v) is 7.22. The van der Waals surface area contributed by atoms with Gasteiger partial charge in [-0.2, -0.15) is 0 Å². The zero-order valence-electron chi connectivity index (χ0n) is 11.5. The molecule has 0 saturated heterocycles. The number of nitrogens with zero attached hydrogens (tertiary/aromatic N) is 1. The second kappa shape index (κ2) is 5.63. The Balaban J connectivity index is 1.85. The lowest BCUT2D eigenvalue weighted by Gasteiger charge is -2.29. The number of rotatable bonds is 5. The predicted molar refractivity (Wildman–Crippen MR) is 79.6 cm³/mol. The van der Waals surface area contributed by atoms with Gasteiger partial charge in [-0.25, -0.2) is 0 Å². The molecular formula is C17H19NO2. The van der Waals surface area contributed by atoms with Crippen LogP contribution in [0.25, 0.3) is 10.8 Å². The molecule has 0 saturated carbocycles. The van der Waals surface area contributed by atoms with Crippen LogP contribution in [0, 0.1) is 0 Å². The number of unbranched alkanes of at least 4 members (excludes halogenated alkanes) is 2. The van der Waals surface area contributed by atoms with E-state index in [0.717, 1.165) is 42.1 Å². The minimum absolute atomic E-state index is 0.137. The number of carbonyl (C=O) groups is 1. The van der Waals surface area contributed by atoms with E-state index in [-0.39, 0.29) is 12.5 Å². The molecule has 0 aromatic heterocycles. The van der Waals surface area contributed by atoms with Gasteiger partial charge in [-0.05, 0) is 41.7 Å². The maximum atomic E-state index is 12.5. The molecule has 1 N–H and O–H groups in total. The van der Waals surface area contributed by atoms with E-state index >= 15 is 0 Å². The normalized spacial score (nSPS) is 14.1. The largest absolute Gasteiger partial charge is 0.396 e. The minimum Gasteiger partial charge on any atom is -0.396 e. The zero-order valence-corrected chi connectivity index (χ0v) is 11.5. The zero-order chi connectivity index (χ0) is 13.9. The molecular weight excluding hydrogens is 250 g/mol. The van der Waals surface area contributed by atoms with Crippen LogP contribution in [0.5, 0.6) is 0 Å². The third-order valence-corrected chi connectivity index (χ3v) is 3.96. The highest BCUT2D eigenvalue weighted by Crippen LogP contribution is 2.29. The molecule has 0 aliphatic carbocycles. The average Bonchev–Trinajstić information content (AvgIpc) is 2.48. The molecule has 3 rings (SSSR count). The summed E-state index contributed by atoms with van der Waals surface area (Å²) >= 11 is 0. The summed E-state index contributed by atoms with van der Waals surface area (Å²) in [5.74, 6) is 0.137. The summed E-state index contributed by atoms with van der Waals surface area (Å²) in [6, 6.07) is 12.2. The summed E-state index contributed by atoms with van der Waals surface area (Å²) in [5, 5.41) is 11.1. The molecule has 0 radical (unpaired) electrons. The summed E-state index contributed by atoms with van der Waals surface area (Å²) in [6.07, 6.45) is 2.73. The molecule has 2 aromatic carbocycles. The van der Waals surface area contributed by atoms with Crippen molar-refractivity contribution in [1.82, 2.24) is 4.90 Å². The maximum absolute atomic E-state index is 12.5. The topological polar surface area (TPSA) is 40.5 Å². The first kappa shape index (κ1) is 13.1. The molecule has 1 amide bonds. The van der Waals surface area contributed by atoms with Crippen LogP contribution < -0.4 is 0 Å². The summed E-state index contributed by atoms with van der Waals surface area (Å²) in [7, 11) is 0. The van der Waals surface area contributed by atoms with Gasteiger partial charge in [-0.1, -0.05) is 30.3 Å². The number of carbonyl (C=O) groups excluding carboxylic acids is 1. The van der Waals surface area contributed by atoms with E-state index in [4.69, 9.17) is 5.11 Å². The minimum atomic E-state index is 0.137. The Morgan fingerprint density at radius 1 is 1.05 bits per heavy atom. The van der Waals surface area contributed by atoms with Crippen LogP contribution in [0.2, 0.25) is 0 Å². The van der Waals surface area contributed by atoms with E-state index in [9.17, 15) is 4.79 Å². The third-order valence-electron chi connectivity index (χ3n) is 3.96. The van der Waals surface area contributed by atoms with Crippen LogP contribution in [0.1, 0.15) is 35.2 Å². The van der Waals surface area contributed by atoms with Crippen molar-refractivity contribution in [3.8, 4) is 0 Å². The monoisotopic (exact) mass is 269 g/mol. The van der Waals surface area contributed by atoms with Crippen LogP contribution in [0.15, 0.2) is 36.4 Å². The molecule has 0 spiro atoms. The number of amides is 1. The summed E-state index contributed by atoms with van der Waals surface area (Å²) in [5.41, 5.74) is 2.06.